The number of amides is 2. The Morgan fingerprint density at radius 2 is 1.95 bits per heavy atom. The fourth-order valence-corrected chi connectivity index (χ4v) is 1.83. The third-order valence-electron chi connectivity index (χ3n) is 2.52. The van der Waals surface area contributed by atoms with Crippen molar-refractivity contribution in [1.29, 1.82) is 0 Å². The second-order valence-electron chi connectivity index (χ2n) is 3.94. The molecule has 0 saturated carbocycles. The van der Waals surface area contributed by atoms with Gasteiger partial charge in [0.15, 0.2) is 5.76 Å². The maximum absolute atomic E-state index is 11.8. The van der Waals surface area contributed by atoms with Crippen molar-refractivity contribution in [2.24, 2.45) is 0 Å². The SMILES string of the molecule is CCOC(=O)NNC(=O)c1ccc(-c2ccccc2Cl)o1. The molecule has 0 atom stereocenters. The molecule has 1 heterocycles. The molecule has 0 radical (unpaired) electrons. The molecule has 7 heteroatoms. The van der Waals surface area contributed by atoms with E-state index in [0.29, 0.717) is 16.3 Å². The summed E-state index contributed by atoms with van der Waals surface area (Å²) in [6, 6.07) is 10.2. The van der Waals surface area contributed by atoms with Crippen molar-refractivity contribution in [2.45, 2.75) is 6.92 Å². The number of hydrogen-bond donors (Lipinski definition) is 2. The molecule has 0 aliphatic rings. The van der Waals surface area contributed by atoms with E-state index >= 15 is 0 Å². The van der Waals surface area contributed by atoms with E-state index in [4.69, 9.17) is 16.0 Å². The highest BCUT2D eigenvalue weighted by molar-refractivity contribution is 6.33. The van der Waals surface area contributed by atoms with Crippen LogP contribution in [0.3, 0.4) is 0 Å². The van der Waals surface area contributed by atoms with Crippen LogP contribution < -0.4 is 10.9 Å². The van der Waals surface area contributed by atoms with Crippen molar-refractivity contribution in [3.63, 3.8) is 0 Å². The number of nitrogens with one attached hydrogen (secondary N) is 2. The molecule has 2 N–H and O–H groups in total. The summed E-state index contributed by atoms with van der Waals surface area (Å²) in [5, 5.41) is 0.517. The summed E-state index contributed by atoms with van der Waals surface area (Å²) in [5.41, 5.74) is 4.95. The lowest BCUT2D eigenvalue weighted by Gasteiger charge is -2.05. The van der Waals surface area contributed by atoms with Crippen molar-refractivity contribution in [3.8, 4) is 11.3 Å². The molecule has 0 fully saturated rings. The molecule has 110 valence electrons. The Bertz CT molecular complexity index is 654. The summed E-state index contributed by atoms with van der Waals surface area (Å²) in [6.45, 7) is 1.86. The highest BCUT2D eigenvalue weighted by Crippen LogP contribution is 2.28. The van der Waals surface area contributed by atoms with E-state index in [1.54, 1.807) is 31.2 Å². The van der Waals surface area contributed by atoms with Gasteiger partial charge in [-0.05, 0) is 31.2 Å². The Hall–Kier alpha value is -2.47. The first-order valence-electron chi connectivity index (χ1n) is 6.19. The minimum Gasteiger partial charge on any atom is -0.451 e. The van der Waals surface area contributed by atoms with Crippen LogP contribution in [0.25, 0.3) is 11.3 Å². The highest BCUT2D eigenvalue weighted by Gasteiger charge is 2.14. The summed E-state index contributed by atoms with van der Waals surface area (Å²) >= 11 is 6.05. The van der Waals surface area contributed by atoms with Crippen LogP contribution in [0, 0.1) is 0 Å². The van der Waals surface area contributed by atoms with Crippen LogP contribution >= 0.6 is 11.6 Å². The summed E-state index contributed by atoms with van der Waals surface area (Å²) in [4.78, 5) is 22.8. The molecule has 21 heavy (non-hydrogen) atoms. The molecule has 0 saturated heterocycles. The smallest absolute Gasteiger partial charge is 0.426 e. The van der Waals surface area contributed by atoms with E-state index in [0.717, 1.165) is 0 Å². The van der Waals surface area contributed by atoms with E-state index in [2.05, 4.69) is 15.6 Å². The quantitative estimate of drug-likeness (QED) is 0.854. The van der Waals surface area contributed by atoms with Crippen LogP contribution in [0.15, 0.2) is 40.8 Å². The lowest BCUT2D eigenvalue weighted by atomic mass is 10.2. The standard InChI is InChI=1S/C14H13ClN2O4/c1-2-20-14(19)17-16-13(18)12-8-7-11(21-12)9-5-3-4-6-10(9)15/h3-8H,2H2,1H3,(H,16,18)(H,17,19). The van der Waals surface area contributed by atoms with Gasteiger partial charge in [-0.15, -0.1) is 0 Å². The van der Waals surface area contributed by atoms with Gasteiger partial charge in [0.1, 0.15) is 5.76 Å². The van der Waals surface area contributed by atoms with Crippen molar-refractivity contribution in [2.75, 3.05) is 6.61 Å². The Morgan fingerprint density at radius 3 is 2.67 bits per heavy atom. The number of halogens is 1. The molecule has 6 nitrogen and oxygen atoms in total. The highest BCUT2D eigenvalue weighted by atomic mass is 35.5. The fraction of sp³-hybridized carbons (Fsp3) is 0.143. The van der Waals surface area contributed by atoms with Crippen molar-refractivity contribution >= 4 is 23.6 Å². The summed E-state index contributed by atoms with van der Waals surface area (Å²) in [5.74, 6) is -0.0926. The number of carbonyl (C=O) groups is 2. The van der Waals surface area contributed by atoms with Crippen molar-refractivity contribution in [3.05, 3.63) is 47.2 Å². The van der Waals surface area contributed by atoms with Gasteiger partial charge in [0.05, 0.1) is 11.6 Å². The molecule has 2 aromatic rings. The number of carbonyl (C=O) groups excluding carboxylic acids is 2. The van der Waals surface area contributed by atoms with Gasteiger partial charge in [0.2, 0.25) is 0 Å². The third kappa shape index (κ3) is 3.76. The molecule has 0 unspecified atom stereocenters. The fourth-order valence-electron chi connectivity index (χ4n) is 1.60. The lowest BCUT2D eigenvalue weighted by Crippen LogP contribution is -2.41. The molecule has 0 spiro atoms. The van der Waals surface area contributed by atoms with Gasteiger partial charge < -0.3 is 9.15 Å². The second-order valence-corrected chi connectivity index (χ2v) is 4.35. The van der Waals surface area contributed by atoms with Crippen LogP contribution in [0.5, 0.6) is 0 Å². The predicted molar refractivity (Wildman–Crippen MR) is 76.8 cm³/mol. The van der Waals surface area contributed by atoms with Gasteiger partial charge in [-0.2, -0.15) is 0 Å². The number of benzene rings is 1. The Kier molecular flexibility index (Phi) is 4.84. The first-order valence-corrected chi connectivity index (χ1v) is 6.57. The predicted octanol–water partition coefficient (Wildman–Crippen LogP) is 2.99. The van der Waals surface area contributed by atoms with Crippen LogP contribution in [0.1, 0.15) is 17.5 Å². The molecule has 0 bridgehead atoms. The molecule has 1 aromatic carbocycles. The van der Waals surface area contributed by atoms with Crippen LogP contribution in [0.4, 0.5) is 4.79 Å². The number of ether oxygens (including phenoxy) is 1. The van der Waals surface area contributed by atoms with Crippen molar-refractivity contribution < 1.29 is 18.7 Å². The molecule has 0 aliphatic carbocycles. The normalized spacial score (nSPS) is 10.0. The Labute approximate surface area is 126 Å². The molecular formula is C14H13ClN2O4. The van der Waals surface area contributed by atoms with E-state index in [9.17, 15) is 9.59 Å². The summed E-state index contributed by atoms with van der Waals surface area (Å²) in [6.07, 6.45) is -0.747. The van der Waals surface area contributed by atoms with E-state index < -0.39 is 12.0 Å². The first kappa shape index (κ1) is 14.9. The zero-order valence-corrected chi connectivity index (χ0v) is 11.9. The molecule has 1 aromatic heterocycles. The van der Waals surface area contributed by atoms with Crippen molar-refractivity contribution in [1.82, 2.24) is 10.9 Å². The molecule has 2 amide bonds. The minimum absolute atomic E-state index is 0.0433. The summed E-state index contributed by atoms with van der Waals surface area (Å²) in [7, 11) is 0. The summed E-state index contributed by atoms with van der Waals surface area (Å²) < 4.78 is 10.0. The zero-order valence-electron chi connectivity index (χ0n) is 11.2. The Balaban J connectivity index is 2.05. The maximum Gasteiger partial charge on any atom is 0.426 e. The van der Waals surface area contributed by atoms with Gasteiger partial charge in [0.25, 0.3) is 0 Å². The number of rotatable bonds is 3. The molecule has 2 rings (SSSR count). The molecule has 0 aliphatic heterocycles. The number of furan rings is 1. The average molecular weight is 309 g/mol. The second kappa shape index (κ2) is 6.81. The third-order valence-corrected chi connectivity index (χ3v) is 2.85. The monoisotopic (exact) mass is 308 g/mol. The maximum atomic E-state index is 11.8. The van der Waals surface area contributed by atoms with E-state index in [-0.39, 0.29) is 12.4 Å². The van der Waals surface area contributed by atoms with E-state index in [1.165, 1.54) is 6.07 Å². The number of hydrazine groups is 1. The van der Waals surface area contributed by atoms with Gasteiger partial charge in [0, 0.05) is 5.56 Å². The lowest BCUT2D eigenvalue weighted by molar-refractivity contribution is 0.0886. The van der Waals surface area contributed by atoms with Crippen LogP contribution in [-0.4, -0.2) is 18.6 Å². The average Bonchev–Trinajstić information content (AvgIpc) is 2.95. The topological polar surface area (TPSA) is 80.6 Å². The zero-order chi connectivity index (χ0) is 15.2. The van der Waals surface area contributed by atoms with Gasteiger partial charge in [-0.1, -0.05) is 23.7 Å². The largest absolute Gasteiger partial charge is 0.451 e. The molecular weight excluding hydrogens is 296 g/mol. The first-order chi connectivity index (χ1) is 10.1. The van der Waals surface area contributed by atoms with Gasteiger partial charge in [-0.25, -0.2) is 10.2 Å². The number of hydrogen-bond acceptors (Lipinski definition) is 4. The van der Waals surface area contributed by atoms with Crippen LogP contribution in [0.2, 0.25) is 5.02 Å². The van der Waals surface area contributed by atoms with Crippen LogP contribution in [-0.2, 0) is 4.74 Å². The Morgan fingerprint density at radius 1 is 1.19 bits per heavy atom. The van der Waals surface area contributed by atoms with Gasteiger partial charge in [-0.3, -0.25) is 10.2 Å². The minimum atomic E-state index is -0.747. The van der Waals surface area contributed by atoms with Gasteiger partial charge >= 0.3 is 12.0 Å². The van der Waals surface area contributed by atoms with E-state index in [1.807, 2.05) is 6.07 Å².